The van der Waals surface area contributed by atoms with Crippen molar-refractivity contribution in [2.24, 2.45) is 16.3 Å². The molecule has 1 aromatic rings. The predicted octanol–water partition coefficient (Wildman–Crippen LogP) is 3.28. The summed E-state index contributed by atoms with van der Waals surface area (Å²) >= 11 is 0. The van der Waals surface area contributed by atoms with Crippen LogP contribution >= 0.6 is 24.0 Å². The molecule has 1 amide bonds. The first-order valence-corrected chi connectivity index (χ1v) is 10.7. The van der Waals surface area contributed by atoms with E-state index in [4.69, 9.17) is 9.47 Å². The summed E-state index contributed by atoms with van der Waals surface area (Å²) in [6.45, 7) is 9.05. The zero-order valence-electron chi connectivity index (χ0n) is 19.7. The first-order valence-electron chi connectivity index (χ1n) is 10.7. The minimum atomic E-state index is -0.0663. The largest absolute Gasteiger partial charge is 0.484 e. The molecule has 1 saturated heterocycles. The lowest BCUT2D eigenvalue weighted by molar-refractivity contribution is -0.130. The van der Waals surface area contributed by atoms with Crippen molar-refractivity contribution in [2.45, 2.75) is 46.3 Å². The smallest absolute Gasteiger partial charge is 0.259 e. The Kier molecular flexibility index (Phi) is 11.6. The lowest BCUT2D eigenvalue weighted by Crippen LogP contribution is -2.47. The highest BCUT2D eigenvalue weighted by molar-refractivity contribution is 14.0. The molecule has 0 aromatic heterocycles. The number of carbonyl (C=O) groups is 1. The minimum Gasteiger partial charge on any atom is -0.484 e. The molecule has 0 bridgehead atoms. The van der Waals surface area contributed by atoms with E-state index in [0.29, 0.717) is 18.2 Å². The fourth-order valence-electron chi connectivity index (χ4n) is 3.66. The normalized spacial score (nSPS) is 19.2. The summed E-state index contributed by atoms with van der Waals surface area (Å²) in [5, 5.41) is 6.81. The molecule has 1 heterocycles. The Hall–Kier alpha value is -1.55. The van der Waals surface area contributed by atoms with Crippen molar-refractivity contribution >= 4 is 35.8 Å². The van der Waals surface area contributed by atoms with Gasteiger partial charge >= 0.3 is 0 Å². The van der Waals surface area contributed by atoms with E-state index in [2.05, 4.69) is 36.4 Å². The number of nitrogens with one attached hydrogen (secondary N) is 2. The Morgan fingerprint density at radius 2 is 2.03 bits per heavy atom. The molecule has 0 radical (unpaired) electrons. The Morgan fingerprint density at radius 3 is 2.68 bits per heavy atom. The van der Waals surface area contributed by atoms with Crippen molar-refractivity contribution in [2.75, 3.05) is 40.9 Å². The maximum absolute atomic E-state index is 11.7. The molecular formula is C23H39IN4O3. The SMILES string of the molecule is CN=C(NCc1cccc(OCC(=O)N(C)C)c1)NCC1CCCOC1C(C)(C)C.I. The highest BCUT2D eigenvalue weighted by atomic mass is 127. The summed E-state index contributed by atoms with van der Waals surface area (Å²) in [5.41, 5.74) is 1.18. The van der Waals surface area contributed by atoms with Gasteiger partial charge in [-0.1, -0.05) is 32.9 Å². The molecule has 0 spiro atoms. The molecule has 1 aliphatic rings. The van der Waals surface area contributed by atoms with E-state index in [-0.39, 0.29) is 48.0 Å². The quantitative estimate of drug-likeness (QED) is 0.312. The van der Waals surface area contributed by atoms with Crippen molar-refractivity contribution in [3.63, 3.8) is 0 Å². The zero-order chi connectivity index (χ0) is 22.1. The third-order valence-electron chi connectivity index (χ3n) is 5.27. The molecule has 7 nitrogen and oxygen atoms in total. The van der Waals surface area contributed by atoms with E-state index in [1.54, 1.807) is 21.1 Å². The molecule has 1 fully saturated rings. The van der Waals surface area contributed by atoms with Gasteiger partial charge in [0, 0.05) is 46.8 Å². The molecule has 176 valence electrons. The zero-order valence-corrected chi connectivity index (χ0v) is 22.1. The van der Waals surface area contributed by atoms with Gasteiger partial charge in [0.2, 0.25) is 0 Å². The van der Waals surface area contributed by atoms with Crippen LogP contribution in [0.4, 0.5) is 0 Å². The Labute approximate surface area is 204 Å². The summed E-state index contributed by atoms with van der Waals surface area (Å²) in [4.78, 5) is 17.6. The standard InChI is InChI=1S/C23H38N4O3.HI/c1-23(2,3)21-18(10-8-12-29-21)15-26-22(24-4)25-14-17-9-7-11-19(13-17)30-16-20(28)27(5)6;/h7,9,11,13,18,21H,8,10,12,14-16H2,1-6H3,(H2,24,25,26);1H. The first-order chi connectivity index (χ1) is 14.2. The average Bonchev–Trinajstić information content (AvgIpc) is 2.72. The van der Waals surface area contributed by atoms with Crippen molar-refractivity contribution in [1.82, 2.24) is 15.5 Å². The second kappa shape index (κ2) is 13.1. The van der Waals surface area contributed by atoms with Crippen LogP contribution in [-0.2, 0) is 16.1 Å². The molecule has 2 N–H and O–H groups in total. The van der Waals surface area contributed by atoms with Crippen LogP contribution in [0.15, 0.2) is 29.3 Å². The number of likely N-dealkylation sites (N-methyl/N-ethyl adjacent to an activating group) is 1. The fourth-order valence-corrected chi connectivity index (χ4v) is 3.66. The molecule has 8 heteroatoms. The van der Waals surface area contributed by atoms with Gasteiger partial charge < -0.3 is 25.0 Å². The summed E-state index contributed by atoms with van der Waals surface area (Å²) in [7, 11) is 5.21. The lowest BCUT2D eigenvalue weighted by Gasteiger charge is -2.40. The van der Waals surface area contributed by atoms with Crippen LogP contribution in [0, 0.1) is 11.3 Å². The van der Waals surface area contributed by atoms with Gasteiger partial charge in [-0.2, -0.15) is 0 Å². The summed E-state index contributed by atoms with van der Waals surface area (Å²) in [5.74, 6) is 1.84. The molecule has 2 rings (SSSR count). The third-order valence-corrected chi connectivity index (χ3v) is 5.27. The number of ether oxygens (including phenoxy) is 2. The molecule has 1 aromatic carbocycles. The second-order valence-corrected chi connectivity index (χ2v) is 9.09. The average molecular weight is 546 g/mol. The van der Waals surface area contributed by atoms with Gasteiger partial charge in [0.05, 0.1) is 6.10 Å². The Balaban J connectivity index is 0.00000480. The number of amides is 1. The lowest BCUT2D eigenvalue weighted by atomic mass is 9.78. The van der Waals surface area contributed by atoms with E-state index in [1.165, 1.54) is 4.90 Å². The number of halogens is 1. The van der Waals surface area contributed by atoms with Crippen LogP contribution < -0.4 is 15.4 Å². The number of aliphatic imine (C=N–C) groups is 1. The fraction of sp³-hybridized carbons (Fsp3) is 0.652. The molecule has 31 heavy (non-hydrogen) atoms. The molecule has 0 aliphatic carbocycles. The highest BCUT2D eigenvalue weighted by Gasteiger charge is 2.35. The molecule has 2 unspecified atom stereocenters. The van der Waals surface area contributed by atoms with Crippen LogP contribution in [0.5, 0.6) is 5.75 Å². The van der Waals surface area contributed by atoms with E-state index in [1.807, 2.05) is 24.3 Å². The van der Waals surface area contributed by atoms with Gasteiger partial charge in [-0.25, -0.2) is 0 Å². The number of nitrogens with zero attached hydrogens (tertiary/aromatic N) is 2. The molecule has 2 atom stereocenters. The van der Waals surface area contributed by atoms with Crippen LogP contribution in [0.3, 0.4) is 0 Å². The molecule has 1 aliphatic heterocycles. The van der Waals surface area contributed by atoms with Gasteiger partial charge in [0.15, 0.2) is 12.6 Å². The maximum atomic E-state index is 11.7. The summed E-state index contributed by atoms with van der Waals surface area (Å²) in [6, 6.07) is 7.74. The van der Waals surface area contributed by atoms with Gasteiger partial charge in [0.1, 0.15) is 5.75 Å². The second-order valence-electron chi connectivity index (χ2n) is 9.09. The maximum Gasteiger partial charge on any atom is 0.259 e. The van der Waals surface area contributed by atoms with E-state index < -0.39 is 0 Å². The molecule has 0 saturated carbocycles. The number of benzene rings is 1. The summed E-state index contributed by atoms with van der Waals surface area (Å²) < 4.78 is 11.7. The number of hydrogen-bond donors (Lipinski definition) is 2. The number of hydrogen-bond acceptors (Lipinski definition) is 4. The van der Waals surface area contributed by atoms with E-state index in [9.17, 15) is 4.79 Å². The first kappa shape index (κ1) is 27.5. The van der Waals surface area contributed by atoms with Crippen LogP contribution in [0.25, 0.3) is 0 Å². The van der Waals surface area contributed by atoms with Crippen LogP contribution in [0.2, 0.25) is 0 Å². The van der Waals surface area contributed by atoms with Crippen LogP contribution in [-0.4, -0.2) is 63.8 Å². The van der Waals surface area contributed by atoms with Gasteiger partial charge in [-0.15, -0.1) is 24.0 Å². The van der Waals surface area contributed by atoms with Gasteiger partial charge in [-0.05, 0) is 36.0 Å². The monoisotopic (exact) mass is 546 g/mol. The number of rotatable bonds is 7. The topological polar surface area (TPSA) is 75.2 Å². The Morgan fingerprint density at radius 1 is 1.29 bits per heavy atom. The van der Waals surface area contributed by atoms with E-state index >= 15 is 0 Å². The van der Waals surface area contributed by atoms with Crippen molar-refractivity contribution in [3.8, 4) is 5.75 Å². The Bertz CT molecular complexity index is 719. The minimum absolute atomic E-state index is 0. The number of carbonyl (C=O) groups excluding carboxylic acids is 1. The van der Waals surface area contributed by atoms with Gasteiger partial charge in [0.25, 0.3) is 5.91 Å². The third kappa shape index (κ3) is 9.22. The summed E-state index contributed by atoms with van der Waals surface area (Å²) in [6.07, 6.45) is 2.51. The van der Waals surface area contributed by atoms with E-state index in [0.717, 1.165) is 37.5 Å². The highest BCUT2D eigenvalue weighted by Crippen LogP contribution is 2.33. The van der Waals surface area contributed by atoms with Crippen LogP contribution in [0.1, 0.15) is 39.2 Å². The predicted molar refractivity (Wildman–Crippen MR) is 136 cm³/mol. The van der Waals surface area contributed by atoms with Gasteiger partial charge in [-0.3, -0.25) is 9.79 Å². The van der Waals surface area contributed by atoms with Crippen molar-refractivity contribution < 1.29 is 14.3 Å². The molecular weight excluding hydrogens is 507 g/mol. The van der Waals surface area contributed by atoms with Crippen molar-refractivity contribution in [3.05, 3.63) is 29.8 Å². The number of guanidine groups is 1. The van der Waals surface area contributed by atoms with Crippen molar-refractivity contribution in [1.29, 1.82) is 0 Å².